The van der Waals surface area contributed by atoms with E-state index in [1.807, 2.05) is 24.3 Å². The molecular weight excluding hydrogens is 339 g/mol. The Kier molecular flexibility index (Phi) is 5.04. The number of fused-ring (bicyclic) bond motifs is 1. The quantitative estimate of drug-likeness (QED) is 0.540. The first-order chi connectivity index (χ1) is 12.0. The number of carbonyl (C=O) groups is 1. The second-order valence-electron chi connectivity index (χ2n) is 5.53. The van der Waals surface area contributed by atoms with E-state index in [-0.39, 0.29) is 11.7 Å². The van der Waals surface area contributed by atoms with Gasteiger partial charge in [-0.1, -0.05) is 35.6 Å². The van der Waals surface area contributed by atoms with E-state index in [0.717, 1.165) is 15.8 Å². The van der Waals surface area contributed by atoms with E-state index in [4.69, 9.17) is 0 Å². The summed E-state index contributed by atoms with van der Waals surface area (Å²) in [6.45, 7) is 3.49. The smallest absolute Gasteiger partial charge is 0.262 e. The Morgan fingerprint density at radius 3 is 2.64 bits per heavy atom. The third kappa shape index (κ3) is 4.19. The first kappa shape index (κ1) is 17.0. The fraction of sp³-hybridized carbons (Fsp3) is 0.167. The number of carbonyl (C=O) groups excluding carboxylic acids is 1. The van der Waals surface area contributed by atoms with Gasteiger partial charge < -0.3 is 5.32 Å². The number of hydrazone groups is 1. The van der Waals surface area contributed by atoms with Gasteiger partial charge in [0.25, 0.3) is 5.91 Å². The van der Waals surface area contributed by atoms with Crippen LogP contribution >= 0.6 is 11.3 Å². The van der Waals surface area contributed by atoms with Crippen molar-refractivity contribution in [1.29, 1.82) is 0 Å². The number of anilines is 1. The molecule has 1 aromatic heterocycles. The number of nitrogens with one attached hydrogen (secondary N) is 2. The lowest BCUT2D eigenvalue weighted by molar-refractivity contribution is -0.121. The topological polar surface area (TPSA) is 66.4 Å². The normalized spacial score (nSPS) is 12.8. The number of hydrogen-bond acceptors (Lipinski definition) is 5. The van der Waals surface area contributed by atoms with E-state index in [0.29, 0.717) is 10.8 Å². The lowest BCUT2D eigenvalue weighted by Crippen LogP contribution is -2.35. The SMILES string of the molecule is C/C(=N/NC(=O)[C@@H](C)Nc1nc2ccccc2s1)c1ccc(F)cc1. The number of thiazole rings is 1. The van der Waals surface area contributed by atoms with Crippen molar-refractivity contribution >= 4 is 38.3 Å². The third-order valence-corrected chi connectivity index (χ3v) is 4.59. The molecular formula is C18H17FN4OS. The van der Waals surface area contributed by atoms with Crippen molar-refractivity contribution < 1.29 is 9.18 Å². The highest BCUT2D eigenvalue weighted by atomic mass is 32.1. The van der Waals surface area contributed by atoms with Crippen molar-refractivity contribution in [3.8, 4) is 0 Å². The van der Waals surface area contributed by atoms with E-state index >= 15 is 0 Å². The second kappa shape index (κ2) is 7.40. The monoisotopic (exact) mass is 356 g/mol. The molecule has 0 unspecified atom stereocenters. The summed E-state index contributed by atoms with van der Waals surface area (Å²) in [5, 5.41) is 7.83. The third-order valence-electron chi connectivity index (χ3n) is 3.62. The Balaban J connectivity index is 1.62. The van der Waals surface area contributed by atoms with Crippen molar-refractivity contribution in [3.63, 3.8) is 0 Å². The molecule has 0 aliphatic heterocycles. The summed E-state index contributed by atoms with van der Waals surface area (Å²) in [7, 11) is 0. The van der Waals surface area contributed by atoms with E-state index in [9.17, 15) is 9.18 Å². The molecule has 5 nitrogen and oxygen atoms in total. The summed E-state index contributed by atoms with van der Waals surface area (Å²) in [5.41, 5.74) is 4.76. The molecule has 0 bridgehead atoms. The molecule has 0 saturated carbocycles. The average molecular weight is 356 g/mol. The molecule has 1 amide bonds. The molecule has 25 heavy (non-hydrogen) atoms. The minimum absolute atomic E-state index is 0.277. The largest absolute Gasteiger partial charge is 0.350 e. The Morgan fingerprint density at radius 2 is 1.92 bits per heavy atom. The van der Waals surface area contributed by atoms with Crippen LogP contribution in [0.5, 0.6) is 0 Å². The average Bonchev–Trinajstić information content (AvgIpc) is 3.02. The number of halogens is 1. The van der Waals surface area contributed by atoms with Crippen molar-refractivity contribution in [2.75, 3.05) is 5.32 Å². The summed E-state index contributed by atoms with van der Waals surface area (Å²) in [5.74, 6) is -0.588. The van der Waals surface area contributed by atoms with Crippen LogP contribution in [0.25, 0.3) is 10.2 Å². The molecule has 2 N–H and O–H groups in total. The van der Waals surface area contributed by atoms with Gasteiger partial charge in [0.05, 0.1) is 15.9 Å². The maximum atomic E-state index is 12.9. The molecule has 128 valence electrons. The van der Waals surface area contributed by atoms with Gasteiger partial charge in [-0.2, -0.15) is 5.10 Å². The lowest BCUT2D eigenvalue weighted by atomic mass is 10.1. The van der Waals surface area contributed by atoms with Gasteiger partial charge in [0.1, 0.15) is 11.9 Å². The molecule has 3 aromatic rings. The highest BCUT2D eigenvalue weighted by Crippen LogP contribution is 2.25. The van der Waals surface area contributed by atoms with E-state index < -0.39 is 6.04 Å². The molecule has 7 heteroatoms. The van der Waals surface area contributed by atoms with Gasteiger partial charge >= 0.3 is 0 Å². The number of hydrogen-bond donors (Lipinski definition) is 2. The van der Waals surface area contributed by atoms with Gasteiger partial charge in [0.15, 0.2) is 5.13 Å². The number of aromatic nitrogens is 1. The van der Waals surface area contributed by atoms with Crippen molar-refractivity contribution in [2.45, 2.75) is 19.9 Å². The first-order valence-electron chi connectivity index (χ1n) is 7.75. The molecule has 0 aliphatic carbocycles. The van der Waals surface area contributed by atoms with E-state index in [1.165, 1.54) is 23.5 Å². The summed E-state index contributed by atoms with van der Waals surface area (Å²) in [6.07, 6.45) is 0. The molecule has 1 atom stereocenters. The Bertz CT molecular complexity index is 887. The number of rotatable bonds is 5. The van der Waals surface area contributed by atoms with Gasteiger partial charge in [0.2, 0.25) is 0 Å². The molecule has 2 aromatic carbocycles. The minimum Gasteiger partial charge on any atom is -0.350 e. The minimum atomic E-state index is -0.495. The van der Waals surface area contributed by atoms with Gasteiger partial charge in [-0.3, -0.25) is 4.79 Å². The molecule has 0 fully saturated rings. The van der Waals surface area contributed by atoms with Gasteiger partial charge in [-0.15, -0.1) is 0 Å². The number of amides is 1. The number of nitrogens with zero attached hydrogens (tertiary/aromatic N) is 2. The Hall–Kier alpha value is -2.80. The predicted octanol–water partition coefficient (Wildman–Crippen LogP) is 3.78. The van der Waals surface area contributed by atoms with Crippen LogP contribution in [-0.2, 0) is 4.79 Å². The van der Waals surface area contributed by atoms with Crippen LogP contribution in [0.15, 0.2) is 53.6 Å². The van der Waals surface area contributed by atoms with Crippen molar-refractivity contribution in [2.24, 2.45) is 5.10 Å². The molecule has 0 spiro atoms. The second-order valence-corrected chi connectivity index (χ2v) is 6.56. The summed E-state index contributed by atoms with van der Waals surface area (Å²) in [6, 6.07) is 13.2. The highest BCUT2D eigenvalue weighted by Gasteiger charge is 2.14. The fourth-order valence-electron chi connectivity index (χ4n) is 2.18. The zero-order chi connectivity index (χ0) is 17.8. The van der Waals surface area contributed by atoms with Gasteiger partial charge in [-0.25, -0.2) is 14.8 Å². The van der Waals surface area contributed by atoms with Crippen LogP contribution in [-0.4, -0.2) is 22.6 Å². The Labute approximate surface area is 148 Å². The van der Waals surface area contributed by atoms with Gasteiger partial charge in [0, 0.05) is 0 Å². The highest BCUT2D eigenvalue weighted by molar-refractivity contribution is 7.22. The number of para-hydroxylation sites is 1. The molecule has 0 saturated heterocycles. The van der Waals surface area contributed by atoms with E-state index in [1.54, 1.807) is 26.0 Å². The van der Waals surface area contributed by atoms with Crippen LogP contribution in [0, 0.1) is 5.82 Å². The zero-order valence-electron chi connectivity index (χ0n) is 13.8. The predicted molar refractivity (Wildman–Crippen MR) is 99.5 cm³/mol. The molecule has 0 aliphatic rings. The van der Waals surface area contributed by atoms with Crippen LogP contribution < -0.4 is 10.7 Å². The van der Waals surface area contributed by atoms with Gasteiger partial charge in [-0.05, 0) is 43.7 Å². The van der Waals surface area contributed by atoms with Crippen LogP contribution in [0.3, 0.4) is 0 Å². The molecule has 1 heterocycles. The summed E-state index contributed by atoms with van der Waals surface area (Å²) < 4.78 is 14.0. The standard InChI is InChI=1S/C18H17FN4OS/c1-11(13-7-9-14(19)10-8-13)22-23-17(24)12(2)20-18-21-15-5-3-4-6-16(15)25-18/h3-10,12H,1-2H3,(H,20,21)(H,23,24)/b22-11-/t12-/m1/s1. The molecule has 0 radical (unpaired) electrons. The van der Waals surface area contributed by atoms with E-state index in [2.05, 4.69) is 20.8 Å². The summed E-state index contributed by atoms with van der Waals surface area (Å²) in [4.78, 5) is 16.6. The maximum absolute atomic E-state index is 12.9. The van der Waals surface area contributed by atoms with Crippen LogP contribution in [0.2, 0.25) is 0 Å². The first-order valence-corrected chi connectivity index (χ1v) is 8.57. The molecule has 3 rings (SSSR count). The maximum Gasteiger partial charge on any atom is 0.262 e. The summed E-state index contributed by atoms with van der Waals surface area (Å²) >= 11 is 1.49. The van der Waals surface area contributed by atoms with Crippen molar-refractivity contribution in [1.82, 2.24) is 10.4 Å². The van der Waals surface area contributed by atoms with Crippen molar-refractivity contribution in [3.05, 3.63) is 59.9 Å². The van der Waals surface area contributed by atoms with Crippen LogP contribution in [0.1, 0.15) is 19.4 Å². The number of benzene rings is 2. The fourth-order valence-corrected chi connectivity index (χ4v) is 3.13. The lowest BCUT2D eigenvalue weighted by Gasteiger charge is -2.11. The van der Waals surface area contributed by atoms with Crippen LogP contribution in [0.4, 0.5) is 9.52 Å². The Morgan fingerprint density at radius 1 is 1.20 bits per heavy atom. The zero-order valence-corrected chi connectivity index (χ0v) is 14.6.